The molecule has 1 aromatic heterocycles. The van der Waals surface area contributed by atoms with E-state index in [1.807, 2.05) is 19.9 Å². The summed E-state index contributed by atoms with van der Waals surface area (Å²) in [6, 6.07) is 8.73. The summed E-state index contributed by atoms with van der Waals surface area (Å²) in [6.07, 6.45) is 3.13. The highest BCUT2D eigenvalue weighted by Crippen LogP contribution is 2.27. The third-order valence-corrected chi connectivity index (χ3v) is 5.68. The molecule has 2 aromatic rings. The Morgan fingerprint density at radius 1 is 1.28 bits per heavy atom. The Labute approximate surface area is 188 Å². The minimum absolute atomic E-state index is 0.255. The number of nitrogens with one attached hydrogen (secondary N) is 2. The van der Waals surface area contributed by atoms with Gasteiger partial charge < -0.3 is 14.8 Å². The first kappa shape index (κ1) is 23.8. The summed E-state index contributed by atoms with van der Waals surface area (Å²) >= 11 is 0. The zero-order chi connectivity index (χ0) is 23.5. The van der Waals surface area contributed by atoms with Crippen molar-refractivity contribution in [2.75, 3.05) is 20.0 Å². The van der Waals surface area contributed by atoms with Crippen LogP contribution in [0.2, 0.25) is 0 Å². The Balaban J connectivity index is 1.93. The van der Waals surface area contributed by atoms with Crippen molar-refractivity contribution in [3.63, 3.8) is 0 Å². The Morgan fingerprint density at radius 2 is 1.97 bits per heavy atom. The summed E-state index contributed by atoms with van der Waals surface area (Å²) in [7, 11) is -1.98. The molecule has 2 N–H and O–H groups in total. The molecular weight excluding hydrogens is 432 g/mol. The second-order valence-electron chi connectivity index (χ2n) is 8.32. The molecule has 1 aliphatic rings. The van der Waals surface area contributed by atoms with Crippen LogP contribution in [-0.2, 0) is 19.3 Å². The van der Waals surface area contributed by atoms with Crippen LogP contribution in [0.4, 0.5) is 0 Å². The molecule has 0 spiro atoms. The van der Waals surface area contributed by atoms with Gasteiger partial charge in [-0.25, -0.2) is 23.2 Å². The van der Waals surface area contributed by atoms with Gasteiger partial charge in [0.05, 0.1) is 23.6 Å². The highest BCUT2D eigenvalue weighted by atomic mass is 32.2. The number of methoxy groups -OCH3 is 1. The van der Waals surface area contributed by atoms with Gasteiger partial charge in [-0.2, -0.15) is 0 Å². The smallest absolute Gasteiger partial charge is 0.338 e. The Bertz CT molecular complexity index is 1120. The summed E-state index contributed by atoms with van der Waals surface area (Å²) in [4.78, 5) is 20.8. The van der Waals surface area contributed by atoms with Crippen LogP contribution < -0.4 is 10.6 Å². The summed E-state index contributed by atoms with van der Waals surface area (Å²) < 4.78 is 34.9. The van der Waals surface area contributed by atoms with E-state index in [-0.39, 0.29) is 5.16 Å². The van der Waals surface area contributed by atoms with Crippen LogP contribution in [-0.4, -0.2) is 56.0 Å². The van der Waals surface area contributed by atoms with Crippen molar-refractivity contribution in [1.29, 1.82) is 0 Å². The molecule has 3 rings (SSSR count). The molecule has 0 bridgehead atoms. The number of fused-ring (bicyclic) bond motifs is 1. The third-order valence-electron chi connectivity index (χ3n) is 4.82. The number of ether oxygens (including phenoxy) is 2. The molecule has 0 amide bonds. The van der Waals surface area contributed by atoms with Gasteiger partial charge in [0.15, 0.2) is 0 Å². The zero-order valence-corrected chi connectivity index (χ0v) is 19.6. The highest BCUT2D eigenvalue weighted by Gasteiger charge is 2.32. The number of sulfone groups is 1. The van der Waals surface area contributed by atoms with E-state index >= 15 is 0 Å². The molecule has 1 aliphatic heterocycles. The lowest BCUT2D eigenvalue weighted by Gasteiger charge is -2.36. The Morgan fingerprint density at radius 3 is 2.59 bits per heavy atom. The van der Waals surface area contributed by atoms with Crippen LogP contribution in [0.15, 0.2) is 47.4 Å². The fourth-order valence-corrected chi connectivity index (χ4v) is 3.86. The van der Waals surface area contributed by atoms with Crippen molar-refractivity contribution in [2.45, 2.75) is 43.7 Å². The standard InChI is InChI=1S/C22H28N4O5S/c1-14(31-20(27)15-9-7-6-8-10-15)17-11-16-12-23-21(32(5,28)29)25-18(16)19(24-17)26-22(2,3)13-30-4/h6-12,14,19,24,26H,13H2,1-5H3/t14-,19?/m1/s1. The monoisotopic (exact) mass is 460 g/mol. The van der Waals surface area contributed by atoms with Gasteiger partial charge in [0.25, 0.3) is 0 Å². The second-order valence-corrected chi connectivity index (χ2v) is 10.2. The Kier molecular flexibility index (Phi) is 6.97. The maximum atomic E-state index is 12.5. The lowest BCUT2D eigenvalue weighted by Crippen LogP contribution is -2.51. The molecular formula is C22H28N4O5S. The maximum absolute atomic E-state index is 12.5. The molecule has 0 fully saturated rings. The van der Waals surface area contributed by atoms with Crippen molar-refractivity contribution in [2.24, 2.45) is 0 Å². The van der Waals surface area contributed by atoms with E-state index in [4.69, 9.17) is 9.47 Å². The number of nitrogens with zero attached hydrogens (tertiary/aromatic N) is 2. The molecule has 2 atom stereocenters. The van der Waals surface area contributed by atoms with Crippen molar-refractivity contribution in [1.82, 2.24) is 20.6 Å². The predicted octanol–water partition coefficient (Wildman–Crippen LogP) is 2.08. The number of hydrogen-bond donors (Lipinski definition) is 2. The number of esters is 1. The van der Waals surface area contributed by atoms with E-state index in [1.165, 1.54) is 6.20 Å². The van der Waals surface area contributed by atoms with Crippen LogP contribution in [0.1, 0.15) is 48.6 Å². The van der Waals surface area contributed by atoms with Crippen LogP contribution in [0, 0.1) is 0 Å². The molecule has 0 radical (unpaired) electrons. The summed E-state index contributed by atoms with van der Waals surface area (Å²) in [6.45, 7) is 6.07. The van der Waals surface area contributed by atoms with E-state index in [9.17, 15) is 13.2 Å². The van der Waals surface area contributed by atoms with Gasteiger partial charge in [-0.1, -0.05) is 18.2 Å². The molecule has 9 nitrogen and oxygen atoms in total. The van der Waals surface area contributed by atoms with Gasteiger partial charge in [0.2, 0.25) is 15.0 Å². The van der Waals surface area contributed by atoms with Crippen molar-refractivity contribution >= 4 is 21.9 Å². The second kappa shape index (κ2) is 9.35. The van der Waals surface area contributed by atoms with Gasteiger partial charge in [-0.15, -0.1) is 0 Å². The van der Waals surface area contributed by atoms with Crippen LogP contribution in [0.25, 0.3) is 6.08 Å². The highest BCUT2D eigenvalue weighted by molar-refractivity contribution is 7.90. The van der Waals surface area contributed by atoms with E-state index in [1.54, 1.807) is 44.4 Å². The molecule has 0 saturated heterocycles. The van der Waals surface area contributed by atoms with Crippen molar-refractivity contribution in [3.05, 3.63) is 59.0 Å². The zero-order valence-electron chi connectivity index (χ0n) is 18.7. The molecule has 32 heavy (non-hydrogen) atoms. The van der Waals surface area contributed by atoms with Gasteiger partial charge >= 0.3 is 5.97 Å². The largest absolute Gasteiger partial charge is 0.453 e. The number of carbonyl (C=O) groups excluding carboxylic acids is 1. The van der Waals surface area contributed by atoms with Crippen LogP contribution >= 0.6 is 0 Å². The van der Waals surface area contributed by atoms with Gasteiger partial charge in [0, 0.05) is 30.7 Å². The maximum Gasteiger partial charge on any atom is 0.338 e. The first-order valence-electron chi connectivity index (χ1n) is 10.1. The fourth-order valence-electron chi connectivity index (χ4n) is 3.35. The molecule has 172 valence electrons. The minimum Gasteiger partial charge on any atom is -0.453 e. The van der Waals surface area contributed by atoms with Gasteiger partial charge in [-0.05, 0) is 39.0 Å². The average Bonchev–Trinajstić information content (AvgIpc) is 2.72. The van der Waals surface area contributed by atoms with Gasteiger partial charge in [-0.3, -0.25) is 5.32 Å². The molecule has 1 unspecified atom stereocenters. The van der Waals surface area contributed by atoms with E-state index in [0.717, 1.165) is 6.26 Å². The Hall–Kier alpha value is -2.82. The lowest BCUT2D eigenvalue weighted by molar-refractivity contribution is 0.0388. The number of carbonyl (C=O) groups is 1. The molecule has 0 saturated carbocycles. The first-order chi connectivity index (χ1) is 15.0. The SMILES string of the molecule is COCC(C)(C)NC1NC([C@@H](C)OC(=O)c2ccccc2)=Cc2cnc(S(C)(=O)=O)nc21. The quantitative estimate of drug-likeness (QED) is 0.451. The minimum atomic E-state index is -3.58. The normalized spacial score (nSPS) is 17.0. The van der Waals surface area contributed by atoms with E-state index in [0.29, 0.717) is 29.1 Å². The molecule has 0 aliphatic carbocycles. The summed E-state index contributed by atoms with van der Waals surface area (Å²) in [5.74, 6) is -0.445. The van der Waals surface area contributed by atoms with E-state index in [2.05, 4.69) is 20.6 Å². The lowest BCUT2D eigenvalue weighted by atomic mass is 10.0. The van der Waals surface area contributed by atoms with E-state index < -0.39 is 33.6 Å². The van der Waals surface area contributed by atoms with Crippen LogP contribution in [0.3, 0.4) is 0 Å². The summed E-state index contributed by atoms with van der Waals surface area (Å²) in [5.41, 5.74) is 1.72. The van der Waals surface area contributed by atoms with Crippen LogP contribution in [0.5, 0.6) is 0 Å². The number of hydrogen-bond acceptors (Lipinski definition) is 9. The molecule has 1 aromatic carbocycles. The molecule has 2 heterocycles. The first-order valence-corrected chi connectivity index (χ1v) is 12.0. The van der Waals surface area contributed by atoms with Crippen molar-refractivity contribution in [3.8, 4) is 0 Å². The molecule has 10 heteroatoms. The number of rotatable bonds is 8. The topological polar surface area (TPSA) is 120 Å². The van der Waals surface area contributed by atoms with Gasteiger partial charge in [0.1, 0.15) is 12.3 Å². The number of benzene rings is 1. The van der Waals surface area contributed by atoms with Crippen molar-refractivity contribution < 1.29 is 22.7 Å². The third kappa shape index (κ3) is 5.70. The average molecular weight is 461 g/mol. The summed E-state index contributed by atoms with van der Waals surface area (Å²) in [5, 5.41) is 6.44. The predicted molar refractivity (Wildman–Crippen MR) is 119 cm³/mol. The fraction of sp³-hybridized carbons (Fsp3) is 0.409. The number of aromatic nitrogens is 2.